The number of amides is 1. The Morgan fingerprint density at radius 3 is 2.91 bits per heavy atom. The maximum absolute atomic E-state index is 10.7. The van der Waals surface area contributed by atoms with E-state index in [1.165, 1.54) is 6.92 Å². The average molecular weight is 320 g/mol. The highest BCUT2D eigenvalue weighted by Gasteiger charge is 1.98. The van der Waals surface area contributed by atoms with Crippen molar-refractivity contribution in [2.45, 2.75) is 12.7 Å². The number of rotatable bonds is 8. The van der Waals surface area contributed by atoms with Crippen molar-refractivity contribution in [3.8, 4) is 6.19 Å². The fourth-order valence-electron chi connectivity index (χ4n) is 1.49. The number of aliphatic imine (C=N–C) groups is 1. The van der Waals surface area contributed by atoms with Crippen LogP contribution in [0.2, 0.25) is 0 Å². The predicted octanol–water partition coefficient (Wildman–Crippen LogP) is 0.467. The van der Waals surface area contributed by atoms with E-state index in [4.69, 9.17) is 5.26 Å². The molecule has 1 rings (SSSR count). The van der Waals surface area contributed by atoms with Crippen molar-refractivity contribution < 1.29 is 4.79 Å². The minimum Gasteiger partial charge on any atom is -0.355 e. The molecule has 0 spiro atoms. The SMILES string of the molecule is CC(=O)NCCNC(=NCCSCc1ccccn1)NC#N. The summed E-state index contributed by atoms with van der Waals surface area (Å²) in [4.78, 5) is 19.3. The molecule has 1 heterocycles. The minimum atomic E-state index is -0.0838. The van der Waals surface area contributed by atoms with Gasteiger partial charge in [0.2, 0.25) is 11.9 Å². The Morgan fingerprint density at radius 1 is 1.41 bits per heavy atom. The topological polar surface area (TPSA) is 102 Å². The summed E-state index contributed by atoms with van der Waals surface area (Å²) < 4.78 is 0. The number of nitrogens with zero attached hydrogens (tertiary/aromatic N) is 3. The van der Waals surface area contributed by atoms with Crippen LogP contribution < -0.4 is 16.0 Å². The first-order chi connectivity index (χ1) is 10.7. The second-order valence-corrected chi connectivity index (χ2v) is 5.36. The fraction of sp³-hybridized carbons (Fsp3) is 0.429. The highest BCUT2D eigenvalue weighted by Crippen LogP contribution is 2.08. The highest BCUT2D eigenvalue weighted by molar-refractivity contribution is 7.98. The first-order valence-corrected chi connectivity index (χ1v) is 8.03. The smallest absolute Gasteiger partial charge is 0.216 e. The lowest BCUT2D eigenvalue weighted by molar-refractivity contribution is -0.118. The van der Waals surface area contributed by atoms with Crippen molar-refractivity contribution in [3.63, 3.8) is 0 Å². The summed E-state index contributed by atoms with van der Waals surface area (Å²) in [6, 6.07) is 5.85. The lowest BCUT2D eigenvalue weighted by Crippen LogP contribution is -2.39. The maximum Gasteiger partial charge on any atom is 0.216 e. The van der Waals surface area contributed by atoms with Crippen LogP contribution in [0.4, 0.5) is 0 Å². The number of hydrogen-bond donors (Lipinski definition) is 3. The normalized spacial score (nSPS) is 10.6. The van der Waals surface area contributed by atoms with Crippen LogP contribution in [0.3, 0.4) is 0 Å². The molecule has 0 aliphatic carbocycles. The predicted molar refractivity (Wildman–Crippen MR) is 88.1 cm³/mol. The number of nitrogens with one attached hydrogen (secondary N) is 3. The quantitative estimate of drug-likeness (QED) is 0.211. The summed E-state index contributed by atoms with van der Waals surface area (Å²) in [7, 11) is 0. The number of aromatic nitrogens is 1. The molecule has 3 N–H and O–H groups in total. The van der Waals surface area contributed by atoms with Gasteiger partial charge in [0.05, 0.1) is 12.2 Å². The van der Waals surface area contributed by atoms with Gasteiger partial charge in [0.15, 0.2) is 6.19 Å². The van der Waals surface area contributed by atoms with E-state index in [0.717, 1.165) is 17.2 Å². The average Bonchev–Trinajstić information content (AvgIpc) is 2.52. The molecule has 0 aliphatic rings. The van der Waals surface area contributed by atoms with Crippen molar-refractivity contribution >= 4 is 23.6 Å². The molecule has 1 aromatic heterocycles. The van der Waals surface area contributed by atoms with Gasteiger partial charge < -0.3 is 10.6 Å². The zero-order valence-corrected chi connectivity index (χ0v) is 13.3. The Bertz CT molecular complexity index is 514. The Hall–Kier alpha value is -2.27. The number of thioether (sulfide) groups is 1. The lowest BCUT2D eigenvalue weighted by atomic mass is 10.4. The van der Waals surface area contributed by atoms with Crippen LogP contribution in [0.15, 0.2) is 29.4 Å². The Labute approximate surface area is 134 Å². The van der Waals surface area contributed by atoms with Crippen molar-refractivity contribution in [2.24, 2.45) is 4.99 Å². The van der Waals surface area contributed by atoms with Crippen LogP contribution in [0.5, 0.6) is 0 Å². The van der Waals surface area contributed by atoms with Crippen LogP contribution in [0, 0.1) is 11.5 Å². The Kier molecular flexibility index (Phi) is 9.21. The van der Waals surface area contributed by atoms with Gasteiger partial charge in [0, 0.05) is 37.7 Å². The van der Waals surface area contributed by atoms with Gasteiger partial charge in [0.1, 0.15) is 0 Å². The first-order valence-electron chi connectivity index (χ1n) is 6.88. The second kappa shape index (κ2) is 11.4. The number of carbonyl (C=O) groups excluding carboxylic acids is 1. The minimum absolute atomic E-state index is 0.0838. The van der Waals surface area contributed by atoms with E-state index < -0.39 is 0 Å². The van der Waals surface area contributed by atoms with E-state index in [1.807, 2.05) is 24.4 Å². The van der Waals surface area contributed by atoms with Crippen LogP contribution in [0.25, 0.3) is 0 Å². The van der Waals surface area contributed by atoms with Gasteiger partial charge in [0.25, 0.3) is 0 Å². The maximum atomic E-state index is 10.7. The van der Waals surface area contributed by atoms with Gasteiger partial charge >= 0.3 is 0 Å². The van der Waals surface area contributed by atoms with Gasteiger partial charge in [-0.15, -0.1) is 0 Å². The molecule has 0 radical (unpaired) electrons. The number of hydrogen-bond acceptors (Lipinski definition) is 5. The van der Waals surface area contributed by atoms with E-state index in [9.17, 15) is 4.79 Å². The molecule has 8 heteroatoms. The molecular weight excluding hydrogens is 300 g/mol. The fourth-order valence-corrected chi connectivity index (χ4v) is 2.24. The molecule has 0 saturated heterocycles. The molecule has 22 heavy (non-hydrogen) atoms. The molecule has 118 valence electrons. The molecule has 0 fully saturated rings. The third-order valence-electron chi connectivity index (χ3n) is 2.45. The van der Waals surface area contributed by atoms with Crippen LogP contribution in [-0.4, -0.2) is 42.2 Å². The molecule has 0 bridgehead atoms. The summed E-state index contributed by atoms with van der Waals surface area (Å²) >= 11 is 1.73. The third kappa shape index (κ3) is 8.81. The van der Waals surface area contributed by atoms with Crippen LogP contribution in [-0.2, 0) is 10.5 Å². The van der Waals surface area contributed by atoms with Crippen molar-refractivity contribution in [1.29, 1.82) is 5.26 Å². The van der Waals surface area contributed by atoms with E-state index in [-0.39, 0.29) is 5.91 Å². The third-order valence-corrected chi connectivity index (χ3v) is 3.42. The molecular formula is C14H20N6OS. The van der Waals surface area contributed by atoms with Gasteiger partial charge in [-0.2, -0.15) is 17.0 Å². The lowest BCUT2D eigenvalue weighted by Gasteiger charge is -2.08. The van der Waals surface area contributed by atoms with Gasteiger partial charge in [-0.25, -0.2) is 0 Å². The molecule has 7 nitrogen and oxygen atoms in total. The summed E-state index contributed by atoms with van der Waals surface area (Å²) in [5.41, 5.74) is 1.04. The molecule has 0 unspecified atom stereocenters. The van der Waals surface area contributed by atoms with Crippen LogP contribution in [0.1, 0.15) is 12.6 Å². The molecule has 1 amide bonds. The molecule has 0 atom stereocenters. The van der Waals surface area contributed by atoms with Crippen molar-refractivity contribution in [2.75, 3.05) is 25.4 Å². The number of guanidine groups is 1. The summed E-state index contributed by atoms with van der Waals surface area (Å²) in [5, 5.41) is 16.8. The second-order valence-electron chi connectivity index (χ2n) is 4.25. The highest BCUT2D eigenvalue weighted by atomic mass is 32.2. The van der Waals surface area contributed by atoms with E-state index >= 15 is 0 Å². The van der Waals surface area contributed by atoms with E-state index in [0.29, 0.717) is 25.6 Å². The van der Waals surface area contributed by atoms with Crippen LogP contribution >= 0.6 is 11.8 Å². The summed E-state index contributed by atoms with van der Waals surface area (Å²) in [6.45, 7) is 3.04. The zero-order chi connectivity index (χ0) is 16.0. The van der Waals surface area contributed by atoms with Gasteiger partial charge in [-0.05, 0) is 12.1 Å². The largest absolute Gasteiger partial charge is 0.355 e. The van der Waals surface area contributed by atoms with Gasteiger partial charge in [-0.3, -0.25) is 20.1 Å². The Morgan fingerprint density at radius 2 is 2.23 bits per heavy atom. The first kappa shape index (κ1) is 17.8. The zero-order valence-electron chi connectivity index (χ0n) is 12.5. The van der Waals surface area contributed by atoms with E-state index in [2.05, 4.69) is 25.9 Å². The number of carbonyl (C=O) groups is 1. The number of pyridine rings is 1. The van der Waals surface area contributed by atoms with Crippen molar-refractivity contribution in [1.82, 2.24) is 20.9 Å². The standard InChI is InChI=1S/C14H20N6OS/c1-12(21)16-6-7-18-14(20-11-15)19-8-9-22-10-13-4-2-3-5-17-13/h2-5H,6-10H2,1H3,(H,16,21)(H2,18,19,20). The molecule has 0 saturated carbocycles. The van der Waals surface area contributed by atoms with Crippen molar-refractivity contribution in [3.05, 3.63) is 30.1 Å². The monoisotopic (exact) mass is 320 g/mol. The summed E-state index contributed by atoms with van der Waals surface area (Å²) in [5.74, 6) is 2.01. The molecule has 0 aliphatic heterocycles. The van der Waals surface area contributed by atoms with Gasteiger partial charge in [-0.1, -0.05) is 6.07 Å². The summed E-state index contributed by atoms with van der Waals surface area (Å²) in [6.07, 6.45) is 3.62. The number of nitriles is 1. The molecule has 0 aromatic carbocycles. The van der Waals surface area contributed by atoms with E-state index in [1.54, 1.807) is 18.0 Å². The molecule has 1 aromatic rings. The Balaban J connectivity index is 2.21.